The molecule has 24 heavy (non-hydrogen) atoms. The standard InChI is InChI=1S/C19H18N2O2S/c1-21(12-14-8-10-16(11-9-14)18(22)23-2)19-20-17(13-24-19)15-6-4-3-5-7-15/h3-11,13H,12H2,1-2H3. The average Bonchev–Trinajstić information content (AvgIpc) is 3.13. The summed E-state index contributed by atoms with van der Waals surface area (Å²) in [5.41, 5.74) is 3.78. The van der Waals surface area contributed by atoms with E-state index in [4.69, 9.17) is 9.72 Å². The van der Waals surface area contributed by atoms with Crippen molar-refractivity contribution in [2.45, 2.75) is 6.54 Å². The highest BCUT2D eigenvalue weighted by Gasteiger charge is 2.10. The minimum absolute atomic E-state index is 0.317. The number of hydrogen-bond acceptors (Lipinski definition) is 5. The second-order valence-electron chi connectivity index (χ2n) is 5.43. The number of methoxy groups -OCH3 is 1. The lowest BCUT2D eigenvalue weighted by Gasteiger charge is -2.15. The Bertz CT molecular complexity index is 813. The molecule has 2 aromatic carbocycles. The van der Waals surface area contributed by atoms with Gasteiger partial charge in [-0.25, -0.2) is 9.78 Å². The number of carbonyl (C=O) groups excluding carboxylic acids is 1. The van der Waals surface area contributed by atoms with Crippen LogP contribution in [0, 0.1) is 0 Å². The number of aromatic nitrogens is 1. The smallest absolute Gasteiger partial charge is 0.337 e. The summed E-state index contributed by atoms with van der Waals surface area (Å²) in [6.45, 7) is 0.725. The Kier molecular flexibility index (Phi) is 4.91. The molecular weight excluding hydrogens is 320 g/mol. The molecule has 122 valence electrons. The molecule has 3 rings (SSSR count). The third-order valence-electron chi connectivity index (χ3n) is 3.68. The summed E-state index contributed by atoms with van der Waals surface area (Å²) >= 11 is 1.62. The van der Waals surface area contributed by atoms with Crippen LogP contribution in [0.15, 0.2) is 60.0 Å². The van der Waals surface area contributed by atoms with Crippen molar-refractivity contribution in [2.75, 3.05) is 19.1 Å². The zero-order valence-corrected chi connectivity index (χ0v) is 14.4. The van der Waals surface area contributed by atoms with Crippen LogP contribution < -0.4 is 4.90 Å². The highest BCUT2D eigenvalue weighted by Crippen LogP contribution is 2.27. The number of benzene rings is 2. The van der Waals surface area contributed by atoms with Gasteiger partial charge >= 0.3 is 5.97 Å². The molecule has 0 aliphatic rings. The van der Waals surface area contributed by atoms with Crippen LogP contribution in [0.1, 0.15) is 15.9 Å². The molecule has 0 saturated carbocycles. The van der Waals surface area contributed by atoms with E-state index in [1.165, 1.54) is 7.11 Å². The van der Waals surface area contributed by atoms with E-state index in [9.17, 15) is 4.79 Å². The van der Waals surface area contributed by atoms with E-state index in [0.29, 0.717) is 5.56 Å². The first-order chi connectivity index (χ1) is 11.7. The van der Waals surface area contributed by atoms with Crippen LogP contribution in [-0.4, -0.2) is 25.1 Å². The van der Waals surface area contributed by atoms with Crippen molar-refractivity contribution in [1.82, 2.24) is 4.98 Å². The molecule has 5 heteroatoms. The van der Waals surface area contributed by atoms with Gasteiger partial charge in [-0.05, 0) is 17.7 Å². The monoisotopic (exact) mass is 338 g/mol. The van der Waals surface area contributed by atoms with Crippen molar-refractivity contribution in [1.29, 1.82) is 0 Å². The summed E-state index contributed by atoms with van der Waals surface area (Å²) in [7, 11) is 3.40. The first-order valence-electron chi connectivity index (χ1n) is 7.56. The molecule has 4 nitrogen and oxygen atoms in total. The predicted octanol–water partition coefficient (Wildman–Crippen LogP) is 4.23. The van der Waals surface area contributed by atoms with Gasteiger partial charge in [0.1, 0.15) is 0 Å². The number of anilines is 1. The number of esters is 1. The van der Waals surface area contributed by atoms with Crippen LogP contribution in [0.5, 0.6) is 0 Å². The van der Waals surface area contributed by atoms with Crippen LogP contribution in [-0.2, 0) is 11.3 Å². The summed E-state index contributed by atoms with van der Waals surface area (Å²) in [5.74, 6) is -0.317. The van der Waals surface area contributed by atoms with Gasteiger partial charge in [0.15, 0.2) is 5.13 Å². The SMILES string of the molecule is COC(=O)c1ccc(CN(C)c2nc(-c3ccccc3)cs2)cc1. The zero-order chi connectivity index (χ0) is 16.9. The van der Waals surface area contributed by atoms with Crippen molar-refractivity contribution in [3.63, 3.8) is 0 Å². The number of carbonyl (C=O) groups is 1. The van der Waals surface area contributed by atoms with Crippen LogP contribution in [0.2, 0.25) is 0 Å². The van der Waals surface area contributed by atoms with Crippen LogP contribution in [0.3, 0.4) is 0 Å². The van der Waals surface area contributed by atoms with Gasteiger partial charge in [-0.1, -0.05) is 42.5 Å². The van der Waals surface area contributed by atoms with Gasteiger partial charge < -0.3 is 9.64 Å². The van der Waals surface area contributed by atoms with Crippen molar-refractivity contribution in [3.8, 4) is 11.3 Å². The fourth-order valence-corrected chi connectivity index (χ4v) is 3.19. The quantitative estimate of drug-likeness (QED) is 0.653. The molecule has 0 N–H and O–H groups in total. The second kappa shape index (κ2) is 7.27. The van der Waals surface area contributed by atoms with E-state index in [1.807, 2.05) is 37.4 Å². The molecule has 0 aliphatic heterocycles. The molecule has 0 spiro atoms. The highest BCUT2D eigenvalue weighted by molar-refractivity contribution is 7.14. The molecule has 0 amide bonds. The molecule has 0 atom stereocenters. The number of ether oxygens (including phenoxy) is 1. The minimum Gasteiger partial charge on any atom is -0.465 e. The summed E-state index contributed by atoms with van der Waals surface area (Å²) in [6, 6.07) is 17.6. The third-order valence-corrected chi connectivity index (χ3v) is 4.64. The Morgan fingerprint density at radius 3 is 2.50 bits per heavy atom. The summed E-state index contributed by atoms with van der Waals surface area (Å²) in [4.78, 5) is 18.3. The largest absolute Gasteiger partial charge is 0.465 e. The highest BCUT2D eigenvalue weighted by atomic mass is 32.1. The molecule has 0 fully saturated rings. The van der Waals surface area contributed by atoms with Gasteiger partial charge in [0.05, 0.1) is 18.4 Å². The van der Waals surface area contributed by atoms with Crippen molar-refractivity contribution < 1.29 is 9.53 Å². The van der Waals surface area contributed by atoms with Crippen molar-refractivity contribution in [2.24, 2.45) is 0 Å². The van der Waals surface area contributed by atoms with Crippen molar-refractivity contribution >= 4 is 22.4 Å². The predicted molar refractivity (Wildman–Crippen MR) is 97.4 cm³/mol. The maximum atomic E-state index is 11.5. The first kappa shape index (κ1) is 16.2. The lowest BCUT2D eigenvalue weighted by atomic mass is 10.1. The Morgan fingerprint density at radius 2 is 1.83 bits per heavy atom. The van der Waals surface area contributed by atoms with Crippen molar-refractivity contribution in [3.05, 3.63) is 71.1 Å². The molecule has 0 bridgehead atoms. The molecule has 0 unspecified atom stereocenters. The Balaban J connectivity index is 1.70. The number of nitrogens with zero attached hydrogens (tertiary/aromatic N) is 2. The number of rotatable bonds is 5. The fourth-order valence-electron chi connectivity index (χ4n) is 2.39. The molecule has 0 aliphatic carbocycles. The maximum Gasteiger partial charge on any atom is 0.337 e. The Hall–Kier alpha value is -2.66. The number of hydrogen-bond donors (Lipinski definition) is 0. The molecule has 1 aromatic heterocycles. The van der Waals surface area contributed by atoms with Gasteiger partial charge in [-0.2, -0.15) is 0 Å². The average molecular weight is 338 g/mol. The molecule has 3 aromatic rings. The van der Waals surface area contributed by atoms with E-state index in [0.717, 1.165) is 28.5 Å². The number of thiazole rings is 1. The molecular formula is C19H18N2O2S. The second-order valence-corrected chi connectivity index (χ2v) is 6.26. The van der Waals surface area contributed by atoms with E-state index < -0.39 is 0 Å². The lowest BCUT2D eigenvalue weighted by molar-refractivity contribution is 0.0600. The maximum absolute atomic E-state index is 11.5. The molecule has 1 heterocycles. The molecule has 0 radical (unpaired) electrons. The Morgan fingerprint density at radius 1 is 1.12 bits per heavy atom. The van der Waals surface area contributed by atoms with Gasteiger partial charge in [0.2, 0.25) is 0 Å². The normalized spacial score (nSPS) is 10.4. The van der Waals surface area contributed by atoms with Crippen LogP contribution in [0.4, 0.5) is 5.13 Å². The van der Waals surface area contributed by atoms with Gasteiger partial charge in [-0.3, -0.25) is 0 Å². The third kappa shape index (κ3) is 3.63. The van der Waals surface area contributed by atoms with E-state index >= 15 is 0 Å². The van der Waals surface area contributed by atoms with E-state index in [-0.39, 0.29) is 5.97 Å². The fraction of sp³-hybridized carbons (Fsp3) is 0.158. The molecule has 0 saturated heterocycles. The van der Waals surface area contributed by atoms with Gasteiger partial charge in [0, 0.05) is 24.5 Å². The van der Waals surface area contributed by atoms with Crippen LogP contribution >= 0.6 is 11.3 Å². The minimum atomic E-state index is -0.317. The summed E-state index contributed by atoms with van der Waals surface area (Å²) in [6.07, 6.45) is 0. The van der Waals surface area contributed by atoms with Gasteiger partial charge in [0.25, 0.3) is 0 Å². The Labute approximate surface area is 145 Å². The summed E-state index contributed by atoms with van der Waals surface area (Å²) < 4.78 is 4.71. The van der Waals surface area contributed by atoms with E-state index in [1.54, 1.807) is 23.5 Å². The van der Waals surface area contributed by atoms with Gasteiger partial charge in [-0.15, -0.1) is 11.3 Å². The summed E-state index contributed by atoms with van der Waals surface area (Å²) in [5, 5.41) is 3.03. The van der Waals surface area contributed by atoms with E-state index in [2.05, 4.69) is 22.4 Å². The lowest BCUT2D eigenvalue weighted by Crippen LogP contribution is -2.16. The zero-order valence-electron chi connectivity index (χ0n) is 13.6. The van der Waals surface area contributed by atoms with Crippen LogP contribution in [0.25, 0.3) is 11.3 Å². The first-order valence-corrected chi connectivity index (χ1v) is 8.44. The topological polar surface area (TPSA) is 42.4 Å².